The molecule has 1 fully saturated rings. The van der Waals surface area contributed by atoms with Gasteiger partial charge in [0.15, 0.2) is 0 Å². The molecule has 0 heterocycles. The number of ether oxygens (including phenoxy) is 1. The second-order valence-corrected chi connectivity index (χ2v) is 13.8. The van der Waals surface area contributed by atoms with E-state index in [2.05, 4.69) is 5.32 Å². The maximum atomic E-state index is 14.7. The third kappa shape index (κ3) is 8.60. The van der Waals surface area contributed by atoms with Crippen LogP contribution in [-0.4, -0.2) is 50.4 Å². The maximum absolute atomic E-state index is 14.7. The first-order valence-corrected chi connectivity index (χ1v) is 17.7. The minimum Gasteiger partial charge on any atom is -0.494 e. The summed E-state index contributed by atoms with van der Waals surface area (Å²) in [5.74, 6) is -0.160. The number of aryl methyl sites for hydroxylation is 1. The normalized spacial score (nSPS) is 13.9. The minimum atomic E-state index is -4.19. The summed E-state index contributed by atoms with van der Waals surface area (Å²) in [6.45, 7) is 3.93. The molecule has 0 spiro atoms. The van der Waals surface area contributed by atoms with Crippen LogP contribution in [0, 0.1) is 6.92 Å². The van der Waals surface area contributed by atoms with E-state index in [9.17, 15) is 18.0 Å². The number of nitrogens with one attached hydrogen (secondary N) is 1. The molecule has 1 N–H and O–H groups in total. The molecule has 1 aliphatic rings. The van der Waals surface area contributed by atoms with Gasteiger partial charge in [-0.25, -0.2) is 8.42 Å². The van der Waals surface area contributed by atoms with Gasteiger partial charge in [0.2, 0.25) is 11.8 Å². The highest BCUT2D eigenvalue weighted by Gasteiger charge is 2.35. The van der Waals surface area contributed by atoms with Gasteiger partial charge in [0.05, 0.1) is 17.2 Å². The third-order valence-electron chi connectivity index (χ3n) is 8.62. The average Bonchev–Trinajstić information content (AvgIpc) is 3.60. The number of rotatable bonds is 14. The Balaban J connectivity index is 1.54. The monoisotopic (exact) mass is 653 g/mol. The molecule has 1 atom stereocenters. The molecule has 0 radical (unpaired) electrons. The number of anilines is 1. The Hall–Kier alpha value is -4.63. The number of hydrogen-bond donors (Lipinski definition) is 1. The number of nitrogens with zero attached hydrogens (tertiary/aromatic N) is 2. The Bertz CT molecular complexity index is 1720. The van der Waals surface area contributed by atoms with E-state index in [0.717, 1.165) is 46.7 Å². The summed E-state index contributed by atoms with van der Waals surface area (Å²) in [6, 6.07) is 31.3. The Kier molecular flexibility index (Phi) is 11.3. The predicted molar refractivity (Wildman–Crippen MR) is 185 cm³/mol. The van der Waals surface area contributed by atoms with E-state index in [1.165, 1.54) is 12.1 Å². The fraction of sp³-hybridized carbons (Fsp3) is 0.316. The Morgan fingerprint density at radius 3 is 2.11 bits per heavy atom. The number of amides is 2. The fourth-order valence-electron chi connectivity index (χ4n) is 6.02. The second-order valence-electron chi connectivity index (χ2n) is 11.9. The average molecular weight is 654 g/mol. The van der Waals surface area contributed by atoms with Gasteiger partial charge < -0.3 is 15.0 Å². The fourth-order valence-corrected chi connectivity index (χ4v) is 7.43. The number of carbonyl (C=O) groups excluding carboxylic acids is 2. The molecule has 5 rings (SSSR count). The largest absolute Gasteiger partial charge is 0.494 e. The zero-order chi connectivity index (χ0) is 33.2. The van der Waals surface area contributed by atoms with Crippen molar-refractivity contribution in [2.75, 3.05) is 17.5 Å². The highest BCUT2D eigenvalue weighted by atomic mass is 32.2. The Morgan fingerprint density at radius 1 is 0.851 bits per heavy atom. The van der Waals surface area contributed by atoms with Crippen molar-refractivity contribution in [3.05, 3.63) is 126 Å². The lowest BCUT2D eigenvalue weighted by atomic mass is 10.0. The van der Waals surface area contributed by atoms with Gasteiger partial charge in [0.25, 0.3) is 10.0 Å². The number of para-hydroxylation sites is 1. The number of benzene rings is 4. The minimum absolute atomic E-state index is 0.0304. The van der Waals surface area contributed by atoms with Gasteiger partial charge >= 0.3 is 0 Å². The zero-order valence-electron chi connectivity index (χ0n) is 27.0. The van der Waals surface area contributed by atoms with Gasteiger partial charge in [-0.3, -0.25) is 13.9 Å². The first-order chi connectivity index (χ1) is 22.8. The van der Waals surface area contributed by atoms with E-state index < -0.39 is 28.5 Å². The van der Waals surface area contributed by atoms with Gasteiger partial charge in [-0.15, -0.1) is 0 Å². The molecule has 246 valence electrons. The number of sulfonamides is 1. The van der Waals surface area contributed by atoms with Crippen molar-refractivity contribution >= 4 is 27.5 Å². The topological polar surface area (TPSA) is 96.0 Å². The van der Waals surface area contributed by atoms with Crippen LogP contribution in [0.2, 0.25) is 0 Å². The molecule has 47 heavy (non-hydrogen) atoms. The molecule has 0 saturated heterocycles. The van der Waals surface area contributed by atoms with Crippen LogP contribution >= 0.6 is 0 Å². The molecule has 9 heteroatoms. The molecule has 8 nitrogen and oxygen atoms in total. The summed E-state index contributed by atoms with van der Waals surface area (Å²) < 4.78 is 35.1. The van der Waals surface area contributed by atoms with E-state index >= 15 is 0 Å². The lowest BCUT2D eigenvalue weighted by Gasteiger charge is -2.34. The summed E-state index contributed by atoms with van der Waals surface area (Å²) >= 11 is 0. The van der Waals surface area contributed by atoms with Crippen molar-refractivity contribution in [1.82, 2.24) is 10.2 Å². The Labute approximate surface area is 278 Å². The number of hydrogen-bond acceptors (Lipinski definition) is 5. The molecular weight excluding hydrogens is 611 g/mol. The van der Waals surface area contributed by atoms with E-state index in [4.69, 9.17) is 4.74 Å². The quantitative estimate of drug-likeness (QED) is 0.173. The van der Waals surface area contributed by atoms with Gasteiger partial charge in [-0.2, -0.15) is 0 Å². The van der Waals surface area contributed by atoms with Crippen LogP contribution in [-0.2, 0) is 32.6 Å². The SMILES string of the molecule is CCOc1ccc(S(=O)(=O)N(CC(=O)N(Cc2ccccc2C)[C@H](Cc2ccccc2)C(=O)NC2CCCC2)c2ccccc2)cc1. The van der Waals surface area contributed by atoms with Crippen LogP contribution in [0.4, 0.5) is 5.69 Å². The zero-order valence-corrected chi connectivity index (χ0v) is 27.9. The smallest absolute Gasteiger partial charge is 0.264 e. The highest BCUT2D eigenvalue weighted by Crippen LogP contribution is 2.27. The van der Waals surface area contributed by atoms with Crippen molar-refractivity contribution in [2.24, 2.45) is 0 Å². The van der Waals surface area contributed by atoms with Crippen LogP contribution in [0.5, 0.6) is 5.75 Å². The molecule has 1 saturated carbocycles. The summed E-state index contributed by atoms with van der Waals surface area (Å²) in [7, 11) is -4.19. The summed E-state index contributed by atoms with van der Waals surface area (Å²) in [5.41, 5.74) is 3.11. The first-order valence-electron chi connectivity index (χ1n) is 16.2. The van der Waals surface area contributed by atoms with Crippen LogP contribution in [0.15, 0.2) is 114 Å². The van der Waals surface area contributed by atoms with Crippen molar-refractivity contribution in [3.63, 3.8) is 0 Å². The molecule has 4 aromatic carbocycles. The summed E-state index contributed by atoms with van der Waals surface area (Å²) in [4.78, 5) is 30.4. The lowest BCUT2D eigenvalue weighted by molar-refractivity contribution is -0.140. The van der Waals surface area contributed by atoms with E-state index in [1.807, 2.05) is 68.4 Å². The molecule has 0 unspecified atom stereocenters. The van der Waals surface area contributed by atoms with Crippen molar-refractivity contribution < 1.29 is 22.7 Å². The molecule has 0 aromatic heterocycles. The summed E-state index contributed by atoms with van der Waals surface area (Å²) in [5, 5.41) is 3.22. The van der Waals surface area contributed by atoms with Crippen LogP contribution in [0.25, 0.3) is 0 Å². The molecule has 2 amide bonds. The molecular formula is C38H43N3O5S. The second kappa shape index (κ2) is 15.8. The Morgan fingerprint density at radius 2 is 1.47 bits per heavy atom. The first kappa shape index (κ1) is 33.7. The molecule has 0 aliphatic heterocycles. The van der Waals surface area contributed by atoms with Crippen LogP contribution in [0.1, 0.15) is 49.3 Å². The van der Waals surface area contributed by atoms with E-state index in [0.29, 0.717) is 18.0 Å². The highest BCUT2D eigenvalue weighted by molar-refractivity contribution is 7.92. The van der Waals surface area contributed by atoms with E-state index in [1.54, 1.807) is 47.4 Å². The van der Waals surface area contributed by atoms with E-state index in [-0.39, 0.29) is 29.8 Å². The van der Waals surface area contributed by atoms with Crippen molar-refractivity contribution in [1.29, 1.82) is 0 Å². The van der Waals surface area contributed by atoms with Crippen LogP contribution < -0.4 is 14.4 Å². The lowest BCUT2D eigenvalue weighted by Crippen LogP contribution is -2.54. The van der Waals surface area contributed by atoms with Crippen molar-refractivity contribution in [3.8, 4) is 5.75 Å². The van der Waals surface area contributed by atoms with Crippen LogP contribution in [0.3, 0.4) is 0 Å². The molecule has 1 aliphatic carbocycles. The molecule has 0 bridgehead atoms. The maximum Gasteiger partial charge on any atom is 0.264 e. The van der Waals surface area contributed by atoms with Gasteiger partial charge in [0, 0.05) is 19.0 Å². The number of carbonyl (C=O) groups is 2. The van der Waals surface area contributed by atoms with Gasteiger partial charge in [-0.1, -0.05) is 85.6 Å². The standard InChI is InChI=1S/C38H43N3O5S/c1-3-46-34-22-24-35(25-23-34)47(44,45)41(33-20-8-5-9-21-33)28-37(42)40(27-31-17-11-10-14-29(31)2)36(26-30-15-6-4-7-16-30)38(43)39-32-18-12-13-19-32/h4-11,14-17,20-25,32,36H,3,12-13,18-19,26-28H2,1-2H3,(H,39,43)/t36-/m1/s1. The molecule has 4 aromatic rings. The third-order valence-corrected chi connectivity index (χ3v) is 10.4. The summed E-state index contributed by atoms with van der Waals surface area (Å²) in [6.07, 6.45) is 4.19. The van der Waals surface area contributed by atoms with Crippen molar-refractivity contribution in [2.45, 2.75) is 69.5 Å². The van der Waals surface area contributed by atoms with Gasteiger partial charge in [0.1, 0.15) is 18.3 Å². The van der Waals surface area contributed by atoms with Gasteiger partial charge in [-0.05, 0) is 79.8 Å². The predicted octanol–water partition coefficient (Wildman–Crippen LogP) is 6.29.